The van der Waals surface area contributed by atoms with Gasteiger partial charge >= 0.3 is 0 Å². The van der Waals surface area contributed by atoms with Crippen molar-refractivity contribution < 1.29 is 4.74 Å². The molecule has 0 atom stereocenters. The number of benzene rings is 1. The molecular formula is C17H25NO. The molecule has 0 unspecified atom stereocenters. The second-order valence-electron chi connectivity index (χ2n) is 4.77. The molecule has 0 bridgehead atoms. The lowest BCUT2D eigenvalue weighted by Crippen LogP contribution is -2.00. The van der Waals surface area contributed by atoms with Gasteiger partial charge in [0, 0.05) is 0 Å². The second-order valence-corrected chi connectivity index (χ2v) is 4.77. The monoisotopic (exact) mass is 259 g/mol. The molecule has 0 saturated carbocycles. The molecule has 1 aromatic carbocycles. The van der Waals surface area contributed by atoms with Gasteiger partial charge in [0.1, 0.15) is 5.75 Å². The zero-order valence-electron chi connectivity index (χ0n) is 12.2. The summed E-state index contributed by atoms with van der Waals surface area (Å²) in [5, 5.41) is 0. The van der Waals surface area contributed by atoms with Gasteiger partial charge < -0.3 is 10.5 Å². The standard InChI is InChI=1S/C17H25NO/c1-3-4-5-6-7-13-19-17-11-10-15(2)14-16(17)9-8-12-18/h10-11,14H,3-7,12-13,18H2,1-2H3. The molecular weight excluding hydrogens is 234 g/mol. The second kappa shape index (κ2) is 9.47. The number of unbranched alkanes of at least 4 members (excludes halogenated alkanes) is 4. The van der Waals surface area contributed by atoms with Crippen LogP contribution in [0.15, 0.2) is 18.2 Å². The molecule has 0 aliphatic rings. The van der Waals surface area contributed by atoms with E-state index in [-0.39, 0.29) is 0 Å². The van der Waals surface area contributed by atoms with Crippen LogP contribution in [0.5, 0.6) is 5.75 Å². The Morgan fingerprint density at radius 1 is 1.16 bits per heavy atom. The lowest BCUT2D eigenvalue weighted by molar-refractivity contribution is 0.304. The summed E-state index contributed by atoms with van der Waals surface area (Å²) >= 11 is 0. The topological polar surface area (TPSA) is 35.2 Å². The van der Waals surface area contributed by atoms with Gasteiger partial charge in [-0.25, -0.2) is 0 Å². The quantitative estimate of drug-likeness (QED) is 0.599. The van der Waals surface area contributed by atoms with E-state index >= 15 is 0 Å². The third-order valence-corrected chi connectivity index (χ3v) is 2.97. The van der Waals surface area contributed by atoms with Crippen LogP contribution in [0.2, 0.25) is 0 Å². The molecule has 19 heavy (non-hydrogen) atoms. The van der Waals surface area contributed by atoms with Crippen molar-refractivity contribution in [1.82, 2.24) is 0 Å². The van der Waals surface area contributed by atoms with Crippen molar-refractivity contribution in [3.05, 3.63) is 29.3 Å². The summed E-state index contributed by atoms with van der Waals surface area (Å²) in [6.45, 7) is 5.43. The molecule has 0 aliphatic carbocycles. The maximum atomic E-state index is 5.83. The van der Waals surface area contributed by atoms with Gasteiger partial charge in [-0.2, -0.15) is 0 Å². The number of ether oxygens (including phenoxy) is 1. The van der Waals surface area contributed by atoms with Gasteiger partial charge in [-0.05, 0) is 31.0 Å². The number of rotatable bonds is 7. The third kappa shape index (κ3) is 6.31. The van der Waals surface area contributed by atoms with Crippen LogP contribution in [-0.2, 0) is 0 Å². The summed E-state index contributed by atoms with van der Waals surface area (Å²) in [6, 6.07) is 6.11. The largest absolute Gasteiger partial charge is 0.492 e. The van der Waals surface area contributed by atoms with E-state index < -0.39 is 0 Å². The van der Waals surface area contributed by atoms with Gasteiger partial charge in [-0.1, -0.05) is 50.5 Å². The molecule has 0 aromatic heterocycles. The van der Waals surface area contributed by atoms with Crippen molar-refractivity contribution in [3.8, 4) is 17.6 Å². The normalized spacial score (nSPS) is 9.84. The highest BCUT2D eigenvalue weighted by atomic mass is 16.5. The Morgan fingerprint density at radius 3 is 2.68 bits per heavy atom. The molecule has 0 saturated heterocycles. The van der Waals surface area contributed by atoms with Gasteiger partial charge in [0.25, 0.3) is 0 Å². The maximum absolute atomic E-state index is 5.83. The van der Waals surface area contributed by atoms with Crippen LogP contribution in [0.1, 0.15) is 50.2 Å². The predicted molar refractivity (Wildman–Crippen MR) is 81.4 cm³/mol. The zero-order valence-corrected chi connectivity index (χ0v) is 12.2. The summed E-state index contributed by atoms with van der Waals surface area (Å²) in [5.41, 5.74) is 7.55. The van der Waals surface area contributed by atoms with Gasteiger partial charge in [-0.15, -0.1) is 0 Å². The molecule has 0 fully saturated rings. The van der Waals surface area contributed by atoms with Crippen molar-refractivity contribution in [1.29, 1.82) is 0 Å². The molecule has 0 aliphatic heterocycles. The fourth-order valence-electron chi connectivity index (χ4n) is 1.90. The predicted octanol–water partition coefficient (Wildman–Crippen LogP) is 3.65. The van der Waals surface area contributed by atoms with Crippen LogP contribution in [0, 0.1) is 18.8 Å². The van der Waals surface area contributed by atoms with E-state index in [0.717, 1.165) is 24.3 Å². The van der Waals surface area contributed by atoms with Crippen LogP contribution in [0.4, 0.5) is 0 Å². The van der Waals surface area contributed by atoms with E-state index in [9.17, 15) is 0 Å². The van der Waals surface area contributed by atoms with Crippen molar-refractivity contribution in [2.45, 2.75) is 46.0 Å². The molecule has 104 valence electrons. The molecule has 1 rings (SSSR count). The van der Waals surface area contributed by atoms with Gasteiger partial charge in [0.05, 0.1) is 18.7 Å². The molecule has 2 nitrogen and oxygen atoms in total. The summed E-state index contributed by atoms with van der Waals surface area (Å²) < 4.78 is 5.83. The lowest BCUT2D eigenvalue weighted by atomic mass is 10.1. The van der Waals surface area contributed by atoms with Gasteiger partial charge in [-0.3, -0.25) is 0 Å². The third-order valence-electron chi connectivity index (χ3n) is 2.97. The first kappa shape index (κ1) is 15.6. The highest BCUT2D eigenvalue weighted by molar-refractivity contribution is 5.48. The molecule has 2 N–H and O–H groups in total. The van der Waals surface area contributed by atoms with Gasteiger partial charge in [0.15, 0.2) is 0 Å². The van der Waals surface area contributed by atoms with Crippen molar-refractivity contribution in [3.63, 3.8) is 0 Å². The Morgan fingerprint density at radius 2 is 1.95 bits per heavy atom. The van der Waals surface area contributed by atoms with Crippen molar-refractivity contribution in [2.75, 3.05) is 13.2 Å². The number of aryl methyl sites for hydroxylation is 1. The lowest BCUT2D eigenvalue weighted by Gasteiger charge is -2.09. The Kier molecular flexibility index (Phi) is 7.77. The summed E-state index contributed by atoms with van der Waals surface area (Å²) in [6.07, 6.45) is 6.24. The first-order valence-corrected chi connectivity index (χ1v) is 7.20. The minimum Gasteiger partial charge on any atom is -0.492 e. The smallest absolute Gasteiger partial charge is 0.134 e. The van der Waals surface area contributed by atoms with Crippen LogP contribution in [0.25, 0.3) is 0 Å². The minimum atomic E-state index is 0.379. The Balaban J connectivity index is 2.48. The molecule has 1 aromatic rings. The Labute approximate surface area is 117 Å². The first-order chi connectivity index (χ1) is 9.27. The van der Waals surface area contributed by atoms with E-state index in [1.54, 1.807) is 0 Å². The average Bonchev–Trinajstić information content (AvgIpc) is 2.42. The average molecular weight is 259 g/mol. The molecule has 0 heterocycles. The van der Waals surface area contributed by atoms with E-state index in [4.69, 9.17) is 10.5 Å². The summed E-state index contributed by atoms with van der Waals surface area (Å²) in [5.74, 6) is 6.84. The molecule has 0 spiro atoms. The van der Waals surface area contributed by atoms with E-state index in [1.807, 2.05) is 6.07 Å². The Hall–Kier alpha value is -1.46. The maximum Gasteiger partial charge on any atom is 0.134 e. The summed E-state index contributed by atoms with van der Waals surface area (Å²) in [4.78, 5) is 0. The molecule has 2 heteroatoms. The van der Waals surface area contributed by atoms with Crippen LogP contribution in [-0.4, -0.2) is 13.2 Å². The van der Waals surface area contributed by atoms with Gasteiger partial charge in [0.2, 0.25) is 0 Å². The van der Waals surface area contributed by atoms with E-state index in [0.29, 0.717) is 6.54 Å². The van der Waals surface area contributed by atoms with Crippen LogP contribution < -0.4 is 10.5 Å². The fourth-order valence-corrected chi connectivity index (χ4v) is 1.90. The fraction of sp³-hybridized carbons (Fsp3) is 0.529. The number of nitrogens with two attached hydrogens (primary N) is 1. The SMILES string of the molecule is CCCCCCCOc1ccc(C)cc1C#CCN. The highest BCUT2D eigenvalue weighted by Crippen LogP contribution is 2.19. The van der Waals surface area contributed by atoms with Crippen molar-refractivity contribution >= 4 is 0 Å². The minimum absolute atomic E-state index is 0.379. The van der Waals surface area contributed by atoms with E-state index in [2.05, 4.69) is 37.8 Å². The molecule has 0 amide bonds. The number of hydrogen-bond acceptors (Lipinski definition) is 2. The van der Waals surface area contributed by atoms with E-state index in [1.165, 1.54) is 31.2 Å². The summed E-state index contributed by atoms with van der Waals surface area (Å²) in [7, 11) is 0. The van der Waals surface area contributed by atoms with Crippen molar-refractivity contribution in [2.24, 2.45) is 5.73 Å². The first-order valence-electron chi connectivity index (χ1n) is 7.20. The Bertz CT molecular complexity index is 429. The highest BCUT2D eigenvalue weighted by Gasteiger charge is 2.01. The number of hydrogen-bond donors (Lipinski definition) is 1. The van der Waals surface area contributed by atoms with Crippen LogP contribution in [0.3, 0.4) is 0 Å². The van der Waals surface area contributed by atoms with Crippen LogP contribution >= 0.6 is 0 Å². The zero-order chi connectivity index (χ0) is 13.9. The molecule has 0 radical (unpaired) electrons.